The van der Waals surface area contributed by atoms with Crippen LogP contribution in [0.4, 0.5) is 11.4 Å². The number of fused-ring (bicyclic) bond motifs is 3. The van der Waals surface area contributed by atoms with Gasteiger partial charge in [-0.25, -0.2) is 0 Å². The monoisotopic (exact) mass is 793 g/mol. The first-order valence-corrected chi connectivity index (χ1v) is 22.0. The predicted octanol–water partition coefficient (Wildman–Crippen LogP) is 15.0. The van der Waals surface area contributed by atoms with E-state index in [-0.39, 0.29) is 17.3 Å². The molecule has 8 aromatic carbocycles. The average molecular weight is 794 g/mol. The van der Waals surface area contributed by atoms with Crippen molar-refractivity contribution in [3.63, 3.8) is 0 Å². The van der Waals surface area contributed by atoms with Crippen LogP contribution in [0.3, 0.4) is 0 Å². The lowest BCUT2D eigenvalue weighted by molar-refractivity contribution is 0.740. The van der Waals surface area contributed by atoms with Crippen LogP contribution >= 0.6 is 11.8 Å². The SMILES string of the molecule is CCC(C)C(=Nc1ccccc1C)c1cccc(C2=C(c3cccc4ccccc34)C=C(c3cccc4ccccc34)C(c3cccc(C4Nc5ccccc5S4)c3)N2)c1. The smallest absolute Gasteiger partial charge is 0.103 e. The topological polar surface area (TPSA) is 36.4 Å². The number of benzene rings is 8. The molecule has 0 amide bonds. The van der Waals surface area contributed by atoms with Gasteiger partial charge in [0.25, 0.3) is 0 Å². The van der Waals surface area contributed by atoms with E-state index in [1.54, 1.807) is 0 Å². The van der Waals surface area contributed by atoms with Crippen molar-refractivity contribution in [2.24, 2.45) is 10.9 Å². The highest BCUT2D eigenvalue weighted by molar-refractivity contribution is 8.00. The van der Waals surface area contributed by atoms with Crippen molar-refractivity contribution >= 4 is 67.2 Å². The number of rotatable bonds is 9. The Labute approximate surface area is 357 Å². The van der Waals surface area contributed by atoms with Crippen molar-refractivity contribution in [1.29, 1.82) is 0 Å². The van der Waals surface area contributed by atoms with Gasteiger partial charge in [-0.05, 0) is 116 Å². The van der Waals surface area contributed by atoms with Gasteiger partial charge < -0.3 is 10.6 Å². The van der Waals surface area contributed by atoms with Gasteiger partial charge in [0, 0.05) is 16.2 Å². The molecule has 0 fully saturated rings. The number of nitrogens with one attached hydrogen (secondary N) is 2. The number of aryl methyl sites for hydroxylation is 1. The van der Waals surface area contributed by atoms with Crippen LogP contribution < -0.4 is 10.6 Å². The molecule has 2 heterocycles. The van der Waals surface area contributed by atoms with Gasteiger partial charge in [0.2, 0.25) is 0 Å². The van der Waals surface area contributed by atoms with Crippen molar-refractivity contribution < 1.29 is 0 Å². The second kappa shape index (κ2) is 16.2. The summed E-state index contributed by atoms with van der Waals surface area (Å²) in [5.41, 5.74) is 15.2. The number of dihydropyridines is 1. The second-order valence-corrected chi connectivity index (χ2v) is 17.1. The molecule has 2 N–H and O–H groups in total. The molecule has 10 rings (SSSR count). The van der Waals surface area contributed by atoms with Crippen LogP contribution in [0.25, 0.3) is 38.4 Å². The van der Waals surface area contributed by atoms with Gasteiger partial charge in [0.15, 0.2) is 0 Å². The molecule has 60 heavy (non-hydrogen) atoms. The van der Waals surface area contributed by atoms with Crippen LogP contribution in [-0.4, -0.2) is 5.71 Å². The molecule has 4 heteroatoms. The Kier molecular flexibility index (Phi) is 10.2. The number of allylic oxidation sites excluding steroid dienone is 2. The fraction of sp³-hybridized carbons (Fsp3) is 0.125. The summed E-state index contributed by atoms with van der Waals surface area (Å²) < 4.78 is 0. The molecule has 3 atom stereocenters. The third-order valence-electron chi connectivity index (χ3n) is 12.2. The fourth-order valence-electron chi connectivity index (χ4n) is 8.84. The molecule has 0 radical (unpaired) electrons. The Morgan fingerprint density at radius 1 is 0.633 bits per heavy atom. The second-order valence-electron chi connectivity index (χ2n) is 16.0. The largest absolute Gasteiger partial charge is 0.373 e. The molecule has 0 saturated carbocycles. The Hall–Kier alpha value is -6.62. The van der Waals surface area contributed by atoms with Gasteiger partial charge in [0.1, 0.15) is 5.37 Å². The van der Waals surface area contributed by atoms with Gasteiger partial charge in [-0.2, -0.15) is 0 Å². The summed E-state index contributed by atoms with van der Waals surface area (Å²) >= 11 is 1.88. The Bertz CT molecular complexity index is 2970. The molecule has 0 aromatic heterocycles. The minimum Gasteiger partial charge on any atom is -0.373 e. The number of anilines is 1. The molecule has 3 nitrogen and oxygen atoms in total. The van der Waals surface area contributed by atoms with E-state index < -0.39 is 0 Å². The number of thioether (sulfide) groups is 1. The maximum Gasteiger partial charge on any atom is 0.103 e. The zero-order valence-electron chi connectivity index (χ0n) is 34.2. The average Bonchev–Trinajstić information content (AvgIpc) is 3.75. The van der Waals surface area contributed by atoms with Gasteiger partial charge in [-0.3, -0.25) is 4.99 Å². The maximum atomic E-state index is 5.37. The van der Waals surface area contributed by atoms with E-state index in [2.05, 4.69) is 219 Å². The summed E-state index contributed by atoms with van der Waals surface area (Å²) in [7, 11) is 0. The quantitative estimate of drug-likeness (QED) is 0.143. The lowest BCUT2D eigenvalue weighted by Crippen LogP contribution is -2.26. The zero-order valence-corrected chi connectivity index (χ0v) is 35.0. The van der Waals surface area contributed by atoms with Crippen LogP contribution in [0.2, 0.25) is 0 Å². The van der Waals surface area contributed by atoms with E-state index in [1.165, 1.54) is 71.1 Å². The first-order valence-electron chi connectivity index (χ1n) is 21.1. The first kappa shape index (κ1) is 37.6. The molecular formula is C56H47N3S. The van der Waals surface area contributed by atoms with E-state index >= 15 is 0 Å². The predicted molar refractivity (Wildman–Crippen MR) is 257 cm³/mol. The van der Waals surface area contributed by atoms with Crippen LogP contribution in [0.1, 0.15) is 70.6 Å². The number of para-hydroxylation sites is 2. The third-order valence-corrected chi connectivity index (χ3v) is 13.4. The third kappa shape index (κ3) is 7.12. The lowest BCUT2D eigenvalue weighted by atomic mass is 9.82. The highest BCUT2D eigenvalue weighted by Crippen LogP contribution is 2.48. The van der Waals surface area contributed by atoms with Crippen LogP contribution in [0, 0.1) is 12.8 Å². The van der Waals surface area contributed by atoms with E-state index in [1.807, 2.05) is 11.8 Å². The molecule has 292 valence electrons. The van der Waals surface area contributed by atoms with Gasteiger partial charge in [-0.15, -0.1) is 0 Å². The highest BCUT2D eigenvalue weighted by atomic mass is 32.2. The molecule has 3 unspecified atom stereocenters. The van der Waals surface area contributed by atoms with Crippen molar-refractivity contribution in [2.75, 3.05) is 5.32 Å². The normalized spacial score (nSPS) is 16.9. The lowest BCUT2D eigenvalue weighted by Gasteiger charge is -2.33. The highest BCUT2D eigenvalue weighted by Gasteiger charge is 2.30. The summed E-state index contributed by atoms with van der Waals surface area (Å²) in [5.74, 6) is 0.271. The Balaban J connectivity index is 1.20. The summed E-state index contributed by atoms with van der Waals surface area (Å²) in [6, 6.07) is 66.1. The fourth-order valence-corrected chi connectivity index (χ4v) is 9.97. The van der Waals surface area contributed by atoms with Crippen molar-refractivity contribution in [1.82, 2.24) is 5.32 Å². The van der Waals surface area contributed by atoms with E-state index in [0.29, 0.717) is 0 Å². The zero-order chi connectivity index (χ0) is 40.6. The molecule has 0 spiro atoms. The summed E-state index contributed by atoms with van der Waals surface area (Å²) in [4.78, 5) is 6.65. The van der Waals surface area contributed by atoms with E-state index in [9.17, 15) is 0 Å². The van der Waals surface area contributed by atoms with Crippen LogP contribution in [-0.2, 0) is 0 Å². The summed E-state index contributed by atoms with van der Waals surface area (Å²) in [5, 5.41) is 13.1. The van der Waals surface area contributed by atoms with Crippen molar-refractivity contribution in [3.05, 3.63) is 227 Å². The van der Waals surface area contributed by atoms with Crippen LogP contribution in [0.5, 0.6) is 0 Å². The Morgan fingerprint density at radius 3 is 2.07 bits per heavy atom. The van der Waals surface area contributed by atoms with Gasteiger partial charge in [0.05, 0.1) is 23.1 Å². The number of aliphatic imine (C=N–C) groups is 1. The number of hydrogen-bond donors (Lipinski definition) is 2. The number of nitrogens with zero attached hydrogens (tertiary/aromatic N) is 1. The molecular weight excluding hydrogens is 747 g/mol. The van der Waals surface area contributed by atoms with Crippen LogP contribution in [0.15, 0.2) is 198 Å². The molecule has 0 bridgehead atoms. The van der Waals surface area contributed by atoms with E-state index in [0.717, 1.165) is 34.6 Å². The maximum absolute atomic E-state index is 5.37. The molecule has 0 saturated heterocycles. The summed E-state index contributed by atoms with van der Waals surface area (Å²) in [6.07, 6.45) is 3.47. The molecule has 2 aliphatic rings. The number of hydrogen-bond acceptors (Lipinski definition) is 4. The molecule has 0 aliphatic carbocycles. The van der Waals surface area contributed by atoms with Gasteiger partial charge in [-0.1, -0.05) is 183 Å². The molecule has 2 aliphatic heterocycles. The molecule has 8 aromatic rings. The Morgan fingerprint density at radius 2 is 1.28 bits per heavy atom. The minimum absolute atomic E-state index is 0.125. The van der Waals surface area contributed by atoms with Gasteiger partial charge >= 0.3 is 0 Å². The van der Waals surface area contributed by atoms with Crippen molar-refractivity contribution in [2.45, 2.75) is 43.5 Å². The standard InChI is InChI=1S/C56H47N3S/c1-4-36(2)53(57-50-30-10-5-17-37(50)3)40-22-13-23-41(33-40)54-48(46-28-15-20-38-18-6-8-26-44(38)46)35-49(47-29-16-21-39-19-7-9-27-45(39)47)55(59-54)42-24-14-25-43(34-42)56-58-51-31-11-12-32-52(51)60-56/h5-36,55-56,58-59H,4H2,1-3H3. The first-order chi connectivity index (χ1) is 29.5. The van der Waals surface area contributed by atoms with Crippen molar-refractivity contribution in [3.8, 4) is 0 Å². The summed E-state index contributed by atoms with van der Waals surface area (Å²) in [6.45, 7) is 6.69. The minimum atomic E-state index is -0.142. The van der Waals surface area contributed by atoms with E-state index in [4.69, 9.17) is 4.99 Å².